The van der Waals surface area contributed by atoms with E-state index in [-0.39, 0.29) is 34.0 Å². The van der Waals surface area contributed by atoms with Gasteiger partial charge in [0.25, 0.3) is 0 Å². The number of anilines is 1. The highest BCUT2D eigenvalue weighted by atomic mass is 19.2. The maximum atomic E-state index is 14.8. The number of carbonyl (C=O) groups is 2. The minimum absolute atomic E-state index is 0.0775. The minimum atomic E-state index is -1.32. The fraction of sp³-hybridized carbons (Fsp3) is 0.300. The van der Waals surface area contributed by atoms with Crippen LogP contribution in [0.5, 0.6) is 0 Å². The van der Waals surface area contributed by atoms with E-state index in [4.69, 9.17) is 9.84 Å². The van der Waals surface area contributed by atoms with Crippen LogP contribution in [-0.2, 0) is 9.53 Å². The van der Waals surface area contributed by atoms with Crippen LogP contribution >= 0.6 is 0 Å². The molecule has 0 aliphatic heterocycles. The normalized spacial score (nSPS) is 15.5. The third-order valence-electron chi connectivity index (χ3n) is 7.52. The Morgan fingerprint density at radius 3 is 2.27 bits per heavy atom. The fourth-order valence-electron chi connectivity index (χ4n) is 5.56. The predicted molar refractivity (Wildman–Crippen MR) is 143 cm³/mol. The molecule has 0 saturated heterocycles. The summed E-state index contributed by atoms with van der Waals surface area (Å²) in [5, 5.41) is 11.7. The smallest absolute Gasteiger partial charge is 0.335 e. The summed E-state index contributed by atoms with van der Waals surface area (Å²) in [6.45, 7) is 0. The van der Waals surface area contributed by atoms with Gasteiger partial charge in [-0.05, 0) is 54.7 Å². The molecule has 0 bridgehead atoms. The Balaban J connectivity index is 1.68. The molecule has 1 fully saturated rings. The maximum absolute atomic E-state index is 14.8. The second-order valence-corrected chi connectivity index (χ2v) is 10.1. The van der Waals surface area contributed by atoms with E-state index in [1.807, 2.05) is 0 Å². The van der Waals surface area contributed by atoms with Gasteiger partial charge in [0.1, 0.15) is 29.6 Å². The van der Waals surface area contributed by atoms with E-state index in [1.165, 1.54) is 42.0 Å². The van der Waals surface area contributed by atoms with Crippen molar-refractivity contribution in [3.8, 4) is 0 Å². The van der Waals surface area contributed by atoms with E-state index in [0.717, 1.165) is 43.5 Å². The number of imidazole rings is 1. The molecule has 3 aromatic carbocycles. The van der Waals surface area contributed by atoms with Gasteiger partial charge < -0.3 is 19.7 Å². The van der Waals surface area contributed by atoms with Crippen molar-refractivity contribution in [3.63, 3.8) is 0 Å². The Labute approximate surface area is 232 Å². The highest BCUT2D eigenvalue weighted by Gasteiger charge is 2.37. The summed E-state index contributed by atoms with van der Waals surface area (Å²) in [6.07, 6.45) is 2.94. The number of rotatable bonds is 8. The average Bonchev–Trinajstić information content (AvgIpc) is 3.29. The monoisotopic (exact) mass is 569 g/mol. The van der Waals surface area contributed by atoms with Crippen LogP contribution in [0.3, 0.4) is 0 Å². The number of carboxylic acids is 1. The molecule has 1 aliphatic carbocycles. The van der Waals surface area contributed by atoms with Crippen molar-refractivity contribution in [2.75, 3.05) is 12.4 Å². The van der Waals surface area contributed by atoms with Gasteiger partial charge in [-0.1, -0.05) is 31.4 Å². The summed E-state index contributed by atoms with van der Waals surface area (Å²) < 4.78 is 64.7. The summed E-state index contributed by atoms with van der Waals surface area (Å²) in [5.41, 5.74) is 0.187. The number of aromatic nitrogens is 2. The number of fused-ring (bicyclic) bond motifs is 1. The molecule has 1 aliphatic rings. The van der Waals surface area contributed by atoms with Gasteiger partial charge in [0.15, 0.2) is 11.6 Å². The standard InChI is InChI=1S/C30H27F4N3O4/c1-41-27(17-7-10-19(31)11-8-17)28-35-24-14-20(32)21(33)15-25(24)37(28)26(16-5-3-2-4-6-16)29(38)36-23-12-9-18(30(39)40)13-22(23)34/h7-16,26-27H,2-6H2,1H3,(H,36,38)(H,39,40). The Bertz CT molecular complexity index is 1600. The third-order valence-corrected chi connectivity index (χ3v) is 7.52. The molecule has 2 atom stereocenters. The molecule has 11 heteroatoms. The number of carbonyl (C=O) groups excluding carboxylic acids is 1. The maximum Gasteiger partial charge on any atom is 0.335 e. The molecule has 2 unspecified atom stereocenters. The van der Waals surface area contributed by atoms with E-state index in [1.54, 1.807) is 0 Å². The molecule has 5 rings (SSSR count). The van der Waals surface area contributed by atoms with Crippen LogP contribution in [0.1, 0.15) is 66.0 Å². The fourth-order valence-corrected chi connectivity index (χ4v) is 5.56. The Hall–Kier alpha value is -4.25. The zero-order valence-corrected chi connectivity index (χ0v) is 22.0. The summed E-state index contributed by atoms with van der Waals surface area (Å²) in [5.74, 6) is -5.76. The van der Waals surface area contributed by atoms with Gasteiger partial charge in [-0.2, -0.15) is 0 Å². The molecule has 1 aromatic heterocycles. The SMILES string of the molecule is COC(c1ccc(F)cc1)c1nc2cc(F)c(F)cc2n1C(C(=O)Nc1ccc(C(=O)O)cc1F)C1CCCCC1. The lowest BCUT2D eigenvalue weighted by atomic mass is 9.83. The summed E-state index contributed by atoms with van der Waals surface area (Å²) in [4.78, 5) is 29.8. The molecule has 2 N–H and O–H groups in total. The first-order valence-corrected chi connectivity index (χ1v) is 13.2. The number of carboxylic acid groups (broad SMARTS) is 1. The molecular weight excluding hydrogens is 542 g/mol. The van der Waals surface area contributed by atoms with Crippen molar-refractivity contribution in [1.82, 2.24) is 9.55 Å². The highest BCUT2D eigenvalue weighted by molar-refractivity contribution is 5.96. The first kappa shape index (κ1) is 28.3. The van der Waals surface area contributed by atoms with Crippen LogP contribution in [0.25, 0.3) is 11.0 Å². The van der Waals surface area contributed by atoms with Crippen LogP contribution in [0, 0.1) is 29.2 Å². The lowest BCUT2D eigenvalue weighted by Crippen LogP contribution is -2.35. The highest BCUT2D eigenvalue weighted by Crippen LogP contribution is 2.40. The van der Waals surface area contributed by atoms with Gasteiger partial charge >= 0.3 is 5.97 Å². The zero-order chi connectivity index (χ0) is 29.3. The molecule has 1 saturated carbocycles. The van der Waals surface area contributed by atoms with Crippen LogP contribution in [0.4, 0.5) is 23.2 Å². The molecule has 0 radical (unpaired) electrons. The van der Waals surface area contributed by atoms with Gasteiger partial charge in [-0.3, -0.25) is 4.79 Å². The van der Waals surface area contributed by atoms with Gasteiger partial charge in [0.05, 0.1) is 22.3 Å². The number of ether oxygens (including phenoxy) is 1. The first-order valence-electron chi connectivity index (χ1n) is 13.2. The second-order valence-electron chi connectivity index (χ2n) is 10.1. The first-order chi connectivity index (χ1) is 19.7. The molecular formula is C30H27F4N3O4. The summed E-state index contributed by atoms with van der Waals surface area (Å²) in [6, 6.07) is 9.44. The Morgan fingerprint density at radius 2 is 1.63 bits per heavy atom. The van der Waals surface area contributed by atoms with E-state index in [0.29, 0.717) is 18.4 Å². The number of aromatic carboxylic acids is 1. The number of nitrogens with zero attached hydrogens (tertiary/aromatic N) is 2. The molecule has 1 heterocycles. The quantitative estimate of drug-likeness (QED) is 0.228. The number of methoxy groups -OCH3 is 1. The molecule has 1 amide bonds. The van der Waals surface area contributed by atoms with Crippen molar-refractivity contribution >= 4 is 28.6 Å². The summed E-state index contributed by atoms with van der Waals surface area (Å²) >= 11 is 0. The molecule has 7 nitrogen and oxygen atoms in total. The Morgan fingerprint density at radius 1 is 0.951 bits per heavy atom. The van der Waals surface area contributed by atoms with Gasteiger partial charge in [0, 0.05) is 19.2 Å². The minimum Gasteiger partial charge on any atom is -0.478 e. The van der Waals surface area contributed by atoms with Crippen molar-refractivity contribution in [3.05, 3.63) is 94.8 Å². The van der Waals surface area contributed by atoms with Crippen molar-refractivity contribution < 1.29 is 37.0 Å². The van der Waals surface area contributed by atoms with Crippen LogP contribution < -0.4 is 5.32 Å². The Kier molecular flexibility index (Phi) is 8.07. The topological polar surface area (TPSA) is 93.5 Å². The number of nitrogens with one attached hydrogen (secondary N) is 1. The molecule has 4 aromatic rings. The van der Waals surface area contributed by atoms with Gasteiger partial charge in [-0.25, -0.2) is 27.3 Å². The predicted octanol–water partition coefficient (Wildman–Crippen LogP) is 6.79. The number of benzene rings is 3. The van der Waals surface area contributed by atoms with E-state index < -0.39 is 47.3 Å². The van der Waals surface area contributed by atoms with Gasteiger partial charge in [0.2, 0.25) is 5.91 Å². The van der Waals surface area contributed by atoms with E-state index >= 15 is 0 Å². The van der Waals surface area contributed by atoms with Crippen LogP contribution in [0.15, 0.2) is 54.6 Å². The lowest BCUT2D eigenvalue weighted by Gasteiger charge is -2.33. The number of halogens is 4. The van der Waals surface area contributed by atoms with Crippen molar-refractivity contribution in [2.45, 2.75) is 44.2 Å². The number of hydrogen-bond acceptors (Lipinski definition) is 4. The lowest BCUT2D eigenvalue weighted by molar-refractivity contribution is -0.121. The second kappa shape index (κ2) is 11.7. The van der Waals surface area contributed by atoms with Crippen LogP contribution in [-0.4, -0.2) is 33.6 Å². The number of amides is 1. The van der Waals surface area contributed by atoms with E-state index in [9.17, 15) is 27.2 Å². The number of hydrogen-bond donors (Lipinski definition) is 2. The van der Waals surface area contributed by atoms with E-state index in [2.05, 4.69) is 10.3 Å². The third kappa shape index (κ3) is 5.67. The molecule has 41 heavy (non-hydrogen) atoms. The molecule has 0 spiro atoms. The average molecular weight is 570 g/mol. The largest absolute Gasteiger partial charge is 0.478 e. The van der Waals surface area contributed by atoms with Crippen molar-refractivity contribution in [2.24, 2.45) is 5.92 Å². The summed E-state index contributed by atoms with van der Waals surface area (Å²) in [7, 11) is 1.40. The molecule has 214 valence electrons. The van der Waals surface area contributed by atoms with Gasteiger partial charge in [-0.15, -0.1) is 0 Å². The van der Waals surface area contributed by atoms with Crippen molar-refractivity contribution in [1.29, 1.82) is 0 Å². The zero-order valence-electron chi connectivity index (χ0n) is 22.0. The van der Waals surface area contributed by atoms with Crippen LogP contribution in [0.2, 0.25) is 0 Å².